The second-order valence-electron chi connectivity index (χ2n) is 6.30. The van der Waals surface area contributed by atoms with Crippen molar-refractivity contribution in [3.05, 3.63) is 40.7 Å². The molecule has 2 amide bonds. The molecule has 9 nitrogen and oxygen atoms in total. The highest BCUT2D eigenvalue weighted by Crippen LogP contribution is 2.31. The molecule has 0 saturated carbocycles. The van der Waals surface area contributed by atoms with Crippen molar-refractivity contribution in [1.29, 1.82) is 0 Å². The fraction of sp³-hybridized carbons (Fsp3) is 0.368. The molecule has 0 radical (unpaired) electrons. The summed E-state index contributed by atoms with van der Waals surface area (Å²) in [4.78, 5) is 38.8. The Bertz CT molecular complexity index is 919. The fourth-order valence-corrected chi connectivity index (χ4v) is 3.02. The summed E-state index contributed by atoms with van der Waals surface area (Å²) in [5, 5.41) is 4.35. The molecule has 2 heterocycles. The number of carbonyl (C=O) groups is 2. The van der Waals surface area contributed by atoms with Crippen LogP contribution in [0.2, 0.25) is 0 Å². The predicted molar refractivity (Wildman–Crippen MR) is 101 cm³/mol. The fourth-order valence-electron chi connectivity index (χ4n) is 3.02. The normalized spacial score (nSPS) is 13.9. The van der Waals surface area contributed by atoms with Gasteiger partial charge in [0.05, 0.1) is 19.9 Å². The van der Waals surface area contributed by atoms with E-state index in [2.05, 4.69) is 5.10 Å². The van der Waals surface area contributed by atoms with Crippen LogP contribution in [0.1, 0.15) is 0 Å². The average Bonchev–Trinajstić information content (AvgIpc) is 2.74. The molecule has 3 rings (SSSR count). The summed E-state index contributed by atoms with van der Waals surface area (Å²) in [5.41, 5.74) is 0.780. The Balaban J connectivity index is 1.84. The van der Waals surface area contributed by atoms with Gasteiger partial charge in [-0.3, -0.25) is 14.4 Å². The number of hydrogen-bond donors (Lipinski definition) is 0. The van der Waals surface area contributed by atoms with Crippen molar-refractivity contribution >= 4 is 12.3 Å². The molecular formula is C19H22N4O5. The van der Waals surface area contributed by atoms with Gasteiger partial charge in [-0.1, -0.05) is 0 Å². The lowest BCUT2D eigenvalue weighted by molar-refractivity contribution is -0.135. The number of rotatable bonds is 6. The molecule has 0 spiro atoms. The molecule has 1 fully saturated rings. The number of methoxy groups -OCH3 is 2. The molecule has 0 N–H and O–H groups in total. The maximum absolute atomic E-state index is 12.6. The third-order valence-corrected chi connectivity index (χ3v) is 4.65. The third kappa shape index (κ3) is 4.13. The van der Waals surface area contributed by atoms with E-state index in [-0.39, 0.29) is 18.0 Å². The minimum absolute atomic E-state index is 0.167. The molecule has 9 heteroatoms. The van der Waals surface area contributed by atoms with Gasteiger partial charge < -0.3 is 19.3 Å². The number of piperazine rings is 1. The van der Waals surface area contributed by atoms with Gasteiger partial charge >= 0.3 is 0 Å². The lowest BCUT2D eigenvalue weighted by atomic mass is 10.1. The Kier molecular flexibility index (Phi) is 5.93. The minimum atomic E-state index is -0.370. The van der Waals surface area contributed by atoms with Crippen molar-refractivity contribution in [2.75, 3.05) is 40.4 Å². The summed E-state index contributed by atoms with van der Waals surface area (Å²) in [7, 11) is 3.10. The lowest BCUT2D eigenvalue weighted by Gasteiger charge is -2.32. The van der Waals surface area contributed by atoms with E-state index < -0.39 is 0 Å². The maximum Gasteiger partial charge on any atom is 0.267 e. The highest BCUT2D eigenvalue weighted by Gasteiger charge is 2.21. The number of carbonyl (C=O) groups excluding carboxylic acids is 2. The van der Waals surface area contributed by atoms with Gasteiger partial charge in [0.15, 0.2) is 0 Å². The summed E-state index contributed by atoms with van der Waals surface area (Å²) in [6, 6.07) is 8.24. The SMILES string of the molecule is COc1ccc(OC)c(-c2ccc(=O)n(CC(=O)N3CCN(C=O)CC3)n2)c1. The minimum Gasteiger partial charge on any atom is -0.497 e. The van der Waals surface area contributed by atoms with Crippen LogP contribution in [0.25, 0.3) is 11.3 Å². The molecule has 2 aromatic rings. The number of benzene rings is 1. The van der Waals surface area contributed by atoms with E-state index in [1.54, 1.807) is 48.3 Å². The maximum atomic E-state index is 12.6. The van der Waals surface area contributed by atoms with E-state index in [1.165, 1.54) is 6.07 Å². The Hall–Kier alpha value is -3.36. The molecule has 1 saturated heterocycles. The summed E-state index contributed by atoms with van der Waals surface area (Å²) in [6.45, 7) is 1.68. The Morgan fingerprint density at radius 2 is 1.86 bits per heavy atom. The second kappa shape index (κ2) is 8.55. The van der Waals surface area contributed by atoms with Crippen molar-refractivity contribution in [3.8, 4) is 22.8 Å². The van der Waals surface area contributed by atoms with Crippen LogP contribution in [0.15, 0.2) is 35.1 Å². The average molecular weight is 386 g/mol. The first-order valence-electron chi connectivity index (χ1n) is 8.83. The zero-order chi connectivity index (χ0) is 20.1. The molecule has 0 atom stereocenters. The van der Waals surface area contributed by atoms with Crippen molar-refractivity contribution in [3.63, 3.8) is 0 Å². The van der Waals surface area contributed by atoms with Crippen LogP contribution in [-0.4, -0.2) is 72.3 Å². The molecule has 148 valence electrons. The Morgan fingerprint density at radius 3 is 2.50 bits per heavy atom. The summed E-state index contributed by atoms with van der Waals surface area (Å²) in [6.07, 6.45) is 0.777. The van der Waals surface area contributed by atoms with Crippen molar-refractivity contribution < 1.29 is 19.1 Å². The molecule has 0 bridgehead atoms. The smallest absolute Gasteiger partial charge is 0.267 e. The molecule has 1 aliphatic rings. The Labute approximate surface area is 162 Å². The third-order valence-electron chi connectivity index (χ3n) is 4.65. The number of aromatic nitrogens is 2. The van der Waals surface area contributed by atoms with Gasteiger partial charge in [0, 0.05) is 37.8 Å². The lowest BCUT2D eigenvalue weighted by Crippen LogP contribution is -2.49. The van der Waals surface area contributed by atoms with E-state index in [4.69, 9.17) is 9.47 Å². The van der Waals surface area contributed by atoms with Crippen LogP contribution >= 0.6 is 0 Å². The van der Waals surface area contributed by atoms with E-state index in [0.717, 1.165) is 11.1 Å². The number of ether oxygens (including phenoxy) is 2. The number of amides is 2. The first-order chi connectivity index (χ1) is 13.5. The first kappa shape index (κ1) is 19.4. The highest BCUT2D eigenvalue weighted by atomic mass is 16.5. The van der Waals surface area contributed by atoms with Crippen LogP contribution in [0.4, 0.5) is 0 Å². The molecular weight excluding hydrogens is 364 g/mol. The quantitative estimate of drug-likeness (QED) is 0.660. The van der Waals surface area contributed by atoms with E-state index in [1.807, 2.05) is 0 Å². The number of hydrogen-bond acceptors (Lipinski definition) is 6. The first-order valence-corrected chi connectivity index (χ1v) is 8.83. The van der Waals surface area contributed by atoms with Gasteiger partial charge in [0.25, 0.3) is 5.56 Å². The van der Waals surface area contributed by atoms with Gasteiger partial charge in [-0.2, -0.15) is 5.10 Å². The summed E-state index contributed by atoms with van der Waals surface area (Å²) >= 11 is 0. The van der Waals surface area contributed by atoms with Gasteiger partial charge in [-0.05, 0) is 24.3 Å². The molecule has 0 aliphatic carbocycles. The van der Waals surface area contributed by atoms with Gasteiger partial charge in [0.2, 0.25) is 12.3 Å². The summed E-state index contributed by atoms with van der Waals surface area (Å²) in [5.74, 6) is 0.990. The molecule has 0 unspecified atom stereocenters. The van der Waals surface area contributed by atoms with Gasteiger partial charge in [0.1, 0.15) is 18.0 Å². The molecule has 1 aromatic heterocycles. The molecule has 1 aromatic carbocycles. The van der Waals surface area contributed by atoms with Crippen LogP contribution in [0.5, 0.6) is 11.5 Å². The topological polar surface area (TPSA) is 94.0 Å². The monoisotopic (exact) mass is 386 g/mol. The number of nitrogens with zero attached hydrogens (tertiary/aromatic N) is 4. The zero-order valence-electron chi connectivity index (χ0n) is 15.8. The standard InChI is InChI=1S/C19H22N4O5/c1-27-14-3-5-17(28-2)15(11-14)16-4-6-18(25)23(20-16)12-19(26)22-9-7-21(13-24)8-10-22/h3-6,11,13H,7-10,12H2,1-2H3. The van der Waals surface area contributed by atoms with Crippen LogP contribution in [-0.2, 0) is 16.1 Å². The molecule has 28 heavy (non-hydrogen) atoms. The van der Waals surface area contributed by atoms with Crippen molar-refractivity contribution in [1.82, 2.24) is 19.6 Å². The largest absolute Gasteiger partial charge is 0.497 e. The van der Waals surface area contributed by atoms with Gasteiger partial charge in [-0.25, -0.2) is 4.68 Å². The van der Waals surface area contributed by atoms with Crippen LogP contribution in [0, 0.1) is 0 Å². The van der Waals surface area contributed by atoms with Crippen molar-refractivity contribution in [2.24, 2.45) is 0 Å². The predicted octanol–water partition coefficient (Wildman–Crippen LogP) is 0.228. The van der Waals surface area contributed by atoms with E-state index in [0.29, 0.717) is 48.9 Å². The molecule has 1 aliphatic heterocycles. The van der Waals surface area contributed by atoms with Crippen LogP contribution < -0.4 is 15.0 Å². The highest BCUT2D eigenvalue weighted by molar-refractivity contribution is 5.76. The van der Waals surface area contributed by atoms with Gasteiger partial charge in [-0.15, -0.1) is 0 Å². The Morgan fingerprint density at radius 1 is 1.11 bits per heavy atom. The van der Waals surface area contributed by atoms with E-state index in [9.17, 15) is 14.4 Å². The van der Waals surface area contributed by atoms with E-state index >= 15 is 0 Å². The van der Waals surface area contributed by atoms with Crippen molar-refractivity contribution in [2.45, 2.75) is 6.54 Å². The summed E-state index contributed by atoms with van der Waals surface area (Å²) < 4.78 is 11.8. The second-order valence-corrected chi connectivity index (χ2v) is 6.30. The zero-order valence-corrected chi connectivity index (χ0v) is 15.8. The van der Waals surface area contributed by atoms with Crippen LogP contribution in [0.3, 0.4) is 0 Å².